The van der Waals surface area contributed by atoms with Crippen LogP contribution in [0.3, 0.4) is 0 Å². The van der Waals surface area contributed by atoms with Gasteiger partial charge in [0.25, 0.3) is 0 Å². The monoisotopic (exact) mass is 244 g/mol. The molecular weight excluding hydrogens is 234 g/mol. The molecule has 0 N–H and O–H groups in total. The van der Waals surface area contributed by atoms with E-state index in [9.17, 15) is 0 Å². The van der Waals surface area contributed by atoms with Crippen LogP contribution in [0.25, 0.3) is 0 Å². The van der Waals surface area contributed by atoms with Gasteiger partial charge in [-0.2, -0.15) is 0 Å². The fourth-order valence-corrected chi connectivity index (χ4v) is 2.31. The molecule has 0 bridgehead atoms. The largest absolute Gasteiger partial charge is 0.0998 e. The van der Waals surface area contributed by atoms with Crippen molar-refractivity contribution >= 4 is 43.0 Å². The molecule has 0 aliphatic heterocycles. The van der Waals surface area contributed by atoms with Gasteiger partial charge in [0.05, 0.1) is 5.02 Å². The molecule has 0 aliphatic rings. The molecule has 0 nitrogen and oxygen atoms in total. The van der Waals surface area contributed by atoms with Crippen molar-refractivity contribution in [3.05, 3.63) is 39.9 Å². The van der Waals surface area contributed by atoms with Crippen LogP contribution < -0.4 is 5.30 Å². The molecule has 1 rings (SSSR count). The van der Waals surface area contributed by atoms with Crippen molar-refractivity contribution in [3.63, 3.8) is 0 Å². The van der Waals surface area contributed by atoms with Crippen molar-refractivity contribution in [2.45, 2.75) is 13.3 Å². The molecule has 1 aromatic carbocycles. The lowest BCUT2D eigenvalue weighted by Gasteiger charge is -2.08. The van der Waals surface area contributed by atoms with Gasteiger partial charge < -0.3 is 0 Å². The number of hydrogen-bond donors (Lipinski definition) is 0. The molecule has 74 valence electrons. The summed E-state index contributed by atoms with van der Waals surface area (Å²) in [4.78, 5) is 0. The standard InChI is InChI=1S/C11H11Cl2P/c1-7(2)6-8-9(12)4-5-10(14-3)11(8)13/h4-5H,1,3,6H2,2H3. The Labute approximate surface area is 96.3 Å². The molecule has 0 heterocycles. The van der Waals surface area contributed by atoms with E-state index < -0.39 is 0 Å². The quantitative estimate of drug-likeness (QED) is 0.555. The van der Waals surface area contributed by atoms with Crippen molar-refractivity contribution < 1.29 is 0 Å². The van der Waals surface area contributed by atoms with Gasteiger partial charge in [-0.3, -0.25) is 0 Å². The average Bonchev–Trinajstić information content (AvgIpc) is 2.12. The molecule has 0 fully saturated rings. The second-order valence-electron chi connectivity index (χ2n) is 3.15. The third-order valence-corrected chi connectivity index (χ3v) is 3.45. The van der Waals surface area contributed by atoms with E-state index in [1.165, 1.54) is 0 Å². The Morgan fingerprint density at radius 2 is 2.07 bits per heavy atom. The van der Waals surface area contributed by atoms with Gasteiger partial charge in [-0.05, 0) is 31.0 Å². The Balaban J connectivity index is 3.24. The van der Waals surface area contributed by atoms with E-state index in [1.807, 2.05) is 19.1 Å². The highest BCUT2D eigenvalue weighted by molar-refractivity contribution is 7.46. The summed E-state index contributed by atoms with van der Waals surface area (Å²) in [7, 11) is 0.912. The van der Waals surface area contributed by atoms with Crippen LogP contribution in [-0.2, 0) is 6.42 Å². The van der Waals surface area contributed by atoms with Gasteiger partial charge in [-0.15, -0.1) is 0 Å². The molecule has 0 saturated heterocycles. The van der Waals surface area contributed by atoms with E-state index in [1.54, 1.807) is 0 Å². The molecule has 0 unspecified atom stereocenters. The minimum absolute atomic E-state index is 0.699. The molecular formula is C11H11Cl2P. The zero-order valence-corrected chi connectivity index (χ0v) is 10.4. The molecule has 0 saturated carbocycles. The summed E-state index contributed by atoms with van der Waals surface area (Å²) in [5, 5.41) is 2.43. The Morgan fingerprint density at radius 1 is 1.43 bits per heavy atom. The second kappa shape index (κ2) is 4.98. The lowest BCUT2D eigenvalue weighted by atomic mass is 10.1. The highest BCUT2D eigenvalue weighted by Crippen LogP contribution is 2.26. The summed E-state index contributed by atoms with van der Waals surface area (Å²) in [5.74, 6) is 0. The molecule has 0 radical (unpaired) electrons. The number of halogens is 2. The van der Waals surface area contributed by atoms with Crippen LogP contribution in [0.5, 0.6) is 0 Å². The minimum atomic E-state index is 0.699. The van der Waals surface area contributed by atoms with Crippen LogP contribution in [0.4, 0.5) is 0 Å². The Bertz CT molecular complexity index is 383. The molecule has 1 aromatic rings. The van der Waals surface area contributed by atoms with Crippen LogP contribution in [0, 0.1) is 0 Å². The number of rotatable bonds is 3. The first-order chi connectivity index (χ1) is 6.56. The zero-order chi connectivity index (χ0) is 10.7. The van der Waals surface area contributed by atoms with Crippen molar-refractivity contribution in [2.75, 3.05) is 0 Å². The summed E-state index contributed by atoms with van der Waals surface area (Å²) in [5.41, 5.74) is 2.00. The van der Waals surface area contributed by atoms with Crippen molar-refractivity contribution in [3.8, 4) is 0 Å². The number of allylic oxidation sites excluding steroid dienone is 1. The second-order valence-corrected chi connectivity index (χ2v) is 4.73. The van der Waals surface area contributed by atoms with Gasteiger partial charge in [0.15, 0.2) is 0 Å². The van der Waals surface area contributed by atoms with Gasteiger partial charge in [0.2, 0.25) is 0 Å². The molecule has 0 aromatic heterocycles. The normalized spacial score (nSPS) is 10.5. The Kier molecular flexibility index (Phi) is 4.19. The third-order valence-electron chi connectivity index (χ3n) is 1.81. The Hall–Kier alpha value is -0.290. The van der Waals surface area contributed by atoms with E-state index in [0.717, 1.165) is 36.1 Å². The summed E-state index contributed by atoms with van der Waals surface area (Å²) in [6, 6.07) is 3.76. The van der Waals surface area contributed by atoms with Crippen LogP contribution >= 0.6 is 31.4 Å². The maximum atomic E-state index is 6.19. The van der Waals surface area contributed by atoms with Gasteiger partial charge in [0.1, 0.15) is 0 Å². The molecule has 14 heavy (non-hydrogen) atoms. The van der Waals surface area contributed by atoms with Gasteiger partial charge in [-0.1, -0.05) is 49.9 Å². The number of hydrogen-bond acceptors (Lipinski definition) is 0. The van der Waals surface area contributed by atoms with Crippen molar-refractivity contribution in [1.82, 2.24) is 0 Å². The lowest BCUT2D eigenvalue weighted by molar-refractivity contribution is 1.16. The fourth-order valence-electron chi connectivity index (χ4n) is 1.17. The first-order valence-corrected chi connectivity index (χ1v) is 5.97. The van der Waals surface area contributed by atoms with Crippen molar-refractivity contribution in [1.29, 1.82) is 0 Å². The molecule has 3 heteroatoms. The third kappa shape index (κ3) is 2.60. The SMILES string of the molecule is C=Pc1ccc(Cl)c(CC(=C)C)c1Cl. The highest BCUT2D eigenvalue weighted by Gasteiger charge is 2.09. The summed E-state index contributed by atoms with van der Waals surface area (Å²) >= 11 is 12.2. The maximum absolute atomic E-state index is 6.19. The summed E-state index contributed by atoms with van der Waals surface area (Å²) in [6.07, 6.45) is 4.51. The predicted molar refractivity (Wildman–Crippen MR) is 68.7 cm³/mol. The summed E-state index contributed by atoms with van der Waals surface area (Å²) < 4.78 is 0. The maximum Gasteiger partial charge on any atom is 0.0574 e. The van der Waals surface area contributed by atoms with Crippen LogP contribution in [0.15, 0.2) is 24.3 Å². The van der Waals surface area contributed by atoms with E-state index in [2.05, 4.69) is 12.9 Å². The minimum Gasteiger partial charge on any atom is -0.0998 e. The van der Waals surface area contributed by atoms with E-state index in [0.29, 0.717) is 5.02 Å². The zero-order valence-electron chi connectivity index (χ0n) is 7.98. The molecule has 0 aliphatic carbocycles. The van der Waals surface area contributed by atoms with Crippen molar-refractivity contribution in [2.24, 2.45) is 0 Å². The smallest absolute Gasteiger partial charge is 0.0574 e. The van der Waals surface area contributed by atoms with E-state index >= 15 is 0 Å². The first kappa shape index (κ1) is 11.8. The van der Waals surface area contributed by atoms with Gasteiger partial charge in [-0.25, -0.2) is 0 Å². The van der Waals surface area contributed by atoms with Crippen LogP contribution in [0.1, 0.15) is 12.5 Å². The molecule has 0 spiro atoms. The predicted octanol–water partition coefficient (Wildman–Crippen LogP) is 4.12. The molecule has 0 amide bonds. The fraction of sp³-hybridized carbons (Fsp3) is 0.182. The van der Waals surface area contributed by atoms with Crippen LogP contribution in [-0.4, -0.2) is 6.30 Å². The molecule has 0 atom stereocenters. The highest BCUT2D eigenvalue weighted by atomic mass is 35.5. The van der Waals surface area contributed by atoms with Gasteiger partial charge in [0, 0.05) is 10.3 Å². The summed E-state index contributed by atoms with van der Waals surface area (Å²) in [6.45, 7) is 5.81. The topological polar surface area (TPSA) is 0 Å². The number of benzene rings is 1. The van der Waals surface area contributed by atoms with E-state index in [4.69, 9.17) is 23.2 Å². The first-order valence-electron chi connectivity index (χ1n) is 4.14. The average molecular weight is 245 g/mol. The van der Waals surface area contributed by atoms with Gasteiger partial charge >= 0.3 is 0 Å². The Morgan fingerprint density at radius 3 is 2.57 bits per heavy atom. The van der Waals surface area contributed by atoms with E-state index in [-0.39, 0.29) is 0 Å². The van der Waals surface area contributed by atoms with Crippen LogP contribution in [0.2, 0.25) is 10.0 Å². The lowest BCUT2D eigenvalue weighted by Crippen LogP contribution is -2.00.